The van der Waals surface area contributed by atoms with Gasteiger partial charge >= 0.3 is 0 Å². The van der Waals surface area contributed by atoms with Gasteiger partial charge < -0.3 is 14.7 Å². The van der Waals surface area contributed by atoms with Crippen molar-refractivity contribution in [1.82, 2.24) is 4.90 Å². The number of nitrogens with zero attached hydrogens (tertiary/aromatic N) is 1. The molecule has 1 N–H and O–H groups in total. The summed E-state index contributed by atoms with van der Waals surface area (Å²) < 4.78 is 5.53. The molecule has 0 unspecified atom stereocenters. The van der Waals surface area contributed by atoms with E-state index in [2.05, 4.69) is 19.1 Å². The fraction of sp³-hybridized carbons (Fsp3) is 0.588. The first-order chi connectivity index (χ1) is 10.3. The van der Waals surface area contributed by atoms with Gasteiger partial charge in [-0.15, -0.1) is 0 Å². The molecule has 0 aliphatic rings. The quantitative estimate of drug-likeness (QED) is 0.637. The largest absolute Gasteiger partial charge is 0.395 e. The Labute approximate surface area is 127 Å². The van der Waals surface area contributed by atoms with Crippen LogP contribution in [0.5, 0.6) is 0 Å². The lowest BCUT2D eigenvalue weighted by Crippen LogP contribution is -2.35. The van der Waals surface area contributed by atoms with Crippen LogP contribution in [0.1, 0.15) is 31.7 Å². The van der Waals surface area contributed by atoms with Gasteiger partial charge in [-0.05, 0) is 18.4 Å². The lowest BCUT2D eigenvalue weighted by atomic mass is 10.2. The van der Waals surface area contributed by atoms with Crippen LogP contribution in [0.15, 0.2) is 30.3 Å². The molecule has 0 saturated carbocycles. The summed E-state index contributed by atoms with van der Waals surface area (Å²) in [4.78, 5) is 13.7. The predicted octanol–water partition coefficient (Wildman–Crippen LogP) is 2.26. The maximum absolute atomic E-state index is 12.0. The lowest BCUT2D eigenvalue weighted by molar-refractivity contribution is -0.132. The van der Waals surface area contributed by atoms with Gasteiger partial charge in [0.25, 0.3) is 0 Å². The van der Waals surface area contributed by atoms with Crippen LogP contribution in [0.4, 0.5) is 0 Å². The summed E-state index contributed by atoms with van der Waals surface area (Å²) in [5, 5.41) is 9.00. The highest BCUT2D eigenvalue weighted by molar-refractivity contribution is 5.76. The number of aliphatic hydroxyl groups excluding tert-OH is 1. The van der Waals surface area contributed by atoms with Crippen LogP contribution in [0.3, 0.4) is 0 Å². The normalized spacial score (nSPS) is 10.6. The van der Waals surface area contributed by atoms with Gasteiger partial charge in [0.2, 0.25) is 5.91 Å². The highest BCUT2D eigenvalue weighted by Crippen LogP contribution is 2.02. The minimum absolute atomic E-state index is 0.0182. The highest BCUT2D eigenvalue weighted by atomic mass is 16.5. The summed E-state index contributed by atoms with van der Waals surface area (Å²) in [5.74, 6) is 0.0669. The molecule has 21 heavy (non-hydrogen) atoms. The summed E-state index contributed by atoms with van der Waals surface area (Å²) in [5.41, 5.74) is 1.24. The second-order valence-corrected chi connectivity index (χ2v) is 5.06. The summed E-state index contributed by atoms with van der Waals surface area (Å²) in [6.45, 7) is 4.33. The summed E-state index contributed by atoms with van der Waals surface area (Å²) in [6, 6.07) is 10.2. The van der Waals surface area contributed by atoms with Crippen molar-refractivity contribution in [2.75, 3.05) is 32.9 Å². The first-order valence-electron chi connectivity index (χ1n) is 7.78. The van der Waals surface area contributed by atoms with Crippen molar-refractivity contribution in [1.29, 1.82) is 0 Å². The van der Waals surface area contributed by atoms with Crippen molar-refractivity contribution in [2.45, 2.75) is 32.6 Å². The number of aliphatic hydroxyl groups is 1. The third-order valence-corrected chi connectivity index (χ3v) is 3.34. The second kappa shape index (κ2) is 11.3. The Kier molecular flexibility index (Phi) is 9.49. The molecule has 1 amide bonds. The molecule has 1 aromatic rings. The Morgan fingerprint density at radius 2 is 1.95 bits per heavy atom. The van der Waals surface area contributed by atoms with Gasteiger partial charge in [0, 0.05) is 13.1 Å². The van der Waals surface area contributed by atoms with Crippen LogP contribution in [-0.2, 0) is 16.0 Å². The van der Waals surface area contributed by atoms with E-state index in [1.807, 2.05) is 18.2 Å². The molecule has 0 radical (unpaired) electrons. The van der Waals surface area contributed by atoms with E-state index >= 15 is 0 Å². The Hall–Kier alpha value is -1.39. The monoisotopic (exact) mass is 293 g/mol. The molecule has 0 spiro atoms. The summed E-state index contributed by atoms with van der Waals surface area (Å²) in [7, 11) is 0. The van der Waals surface area contributed by atoms with E-state index in [0.29, 0.717) is 26.2 Å². The molecule has 1 rings (SSSR count). The number of benzene rings is 1. The second-order valence-electron chi connectivity index (χ2n) is 5.06. The van der Waals surface area contributed by atoms with Crippen molar-refractivity contribution >= 4 is 5.91 Å². The first kappa shape index (κ1) is 17.7. The maximum atomic E-state index is 12.0. The standard InChI is InChI=1S/C17H27NO3/c1-2-3-11-18(12-13-19)17(20)10-15-21-14-9-16-7-5-4-6-8-16/h4-8,19H,2-3,9-15H2,1H3. The zero-order chi connectivity index (χ0) is 15.3. The highest BCUT2D eigenvalue weighted by Gasteiger charge is 2.11. The van der Waals surface area contributed by atoms with E-state index in [0.717, 1.165) is 25.8 Å². The molecule has 118 valence electrons. The number of carbonyl (C=O) groups is 1. The third-order valence-electron chi connectivity index (χ3n) is 3.34. The minimum atomic E-state index is 0.0182. The third kappa shape index (κ3) is 7.83. The molecule has 0 aliphatic heterocycles. The molecular weight excluding hydrogens is 266 g/mol. The fourth-order valence-electron chi connectivity index (χ4n) is 2.09. The minimum Gasteiger partial charge on any atom is -0.395 e. The van der Waals surface area contributed by atoms with E-state index < -0.39 is 0 Å². The van der Waals surface area contributed by atoms with Crippen LogP contribution in [-0.4, -0.2) is 48.8 Å². The number of carbonyl (C=O) groups excluding carboxylic acids is 1. The van der Waals surface area contributed by atoms with Crippen molar-refractivity contribution in [3.63, 3.8) is 0 Å². The molecule has 4 heteroatoms. The predicted molar refractivity (Wildman–Crippen MR) is 84.2 cm³/mol. The van der Waals surface area contributed by atoms with Crippen molar-refractivity contribution in [3.8, 4) is 0 Å². The fourth-order valence-corrected chi connectivity index (χ4v) is 2.09. The number of ether oxygens (including phenoxy) is 1. The SMILES string of the molecule is CCCCN(CCO)C(=O)CCOCCc1ccccc1. The number of hydrogen-bond acceptors (Lipinski definition) is 3. The van der Waals surface area contributed by atoms with Crippen LogP contribution in [0.25, 0.3) is 0 Å². The zero-order valence-electron chi connectivity index (χ0n) is 13.0. The van der Waals surface area contributed by atoms with Crippen LogP contribution < -0.4 is 0 Å². The average molecular weight is 293 g/mol. The van der Waals surface area contributed by atoms with E-state index in [-0.39, 0.29) is 12.5 Å². The Morgan fingerprint density at radius 3 is 2.62 bits per heavy atom. The lowest BCUT2D eigenvalue weighted by Gasteiger charge is -2.21. The molecule has 0 fully saturated rings. The molecule has 0 bridgehead atoms. The molecule has 0 aromatic heterocycles. The zero-order valence-corrected chi connectivity index (χ0v) is 13.0. The number of amides is 1. The van der Waals surface area contributed by atoms with Crippen LogP contribution in [0.2, 0.25) is 0 Å². The van der Waals surface area contributed by atoms with E-state index in [4.69, 9.17) is 9.84 Å². The van der Waals surface area contributed by atoms with E-state index in [1.165, 1.54) is 5.56 Å². The van der Waals surface area contributed by atoms with Gasteiger partial charge in [-0.25, -0.2) is 0 Å². The van der Waals surface area contributed by atoms with Gasteiger partial charge in [0.15, 0.2) is 0 Å². The van der Waals surface area contributed by atoms with Crippen LogP contribution in [0, 0.1) is 0 Å². The van der Waals surface area contributed by atoms with Gasteiger partial charge in [0.1, 0.15) is 0 Å². The van der Waals surface area contributed by atoms with Gasteiger partial charge in [-0.2, -0.15) is 0 Å². The molecule has 0 atom stereocenters. The first-order valence-corrected chi connectivity index (χ1v) is 7.78. The summed E-state index contributed by atoms with van der Waals surface area (Å²) >= 11 is 0. The maximum Gasteiger partial charge on any atom is 0.224 e. The molecule has 1 aromatic carbocycles. The molecule has 0 heterocycles. The Morgan fingerprint density at radius 1 is 1.19 bits per heavy atom. The van der Waals surface area contributed by atoms with Gasteiger partial charge in [-0.3, -0.25) is 4.79 Å². The Bertz CT molecular complexity index is 381. The van der Waals surface area contributed by atoms with E-state index in [1.54, 1.807) is 4.90 Å². The number of unbranched alkanes of at least 4 members (excludes halogenated alkanes) is 1. The van der Waals surface area contributed by atoms with Crippen molar-refractivity contribution < 1.29 is 14.6 Å². The van der Waals surface area contributed by atoms with E-state index in [9.17, 15) is 4.79 Å². The van der Waals surface area contributed by atoms with Gasteiger partial charge in [-0.1, -0.05) is 43.7 Å². The molecule has 0 saturated heterocycles. The molecular formula is C17H27NO3. The average Bonchev–Trinajstić information content (AvgIpc) is 2.52. The van der Waals surface area contributed by atoms with Crippen molar-refractivity contribution in [3.05, 3.63) is 35.9 Å². The smallest absolute Gasteiger partial charge is 0.224 e. The summed E-state index contributed by atoms with van der Waals surface area (Å²) in [6.07, 6.45) is 3.27. The molecule has 4 nitrogen and oxygen atoms in total. The number of hydrogen-bond donors (Lipinski definition) is 1. The molecule has 0 aliphatic carbocycles. The van der Waals surface area contributed by atoms with Crippen LogP contribution >= 0.6 is 0 Å². The van der Waals surface area contributed by atoms with Crippen molar-refractivity contribution in [2.24, 2.45) is 0 Å². The number of rotatable bonds is 11. The topological polar surface area (TPSA) is 49.8 Å². The van der Waals surface area contributed by atoms with Gasteiger partial charge in [0.05, 0.1) is 26.2 Å². The Balaban J connectivity index is 2.16.